The van der Waals surface area contributed by atoms with Crippen LogP contribution < -0.4 is 19.7 Å². The number of ether oxygens (including phenoxy) is 2. The van der Waals surface area contributed by atoms with Gasteiger partial charge in [0.15, 0.2) is 6.61 Å². The third-order valence-electron chi connectivity index (χ3n) is 5.01. The van der Waals surface area contributed by atoms with Crippen molar-refractivity contribution in [2.24, 2.45) is 0 Å². The molecule has 9 heteroatoms. The molecule has 0 aromatic heterocycles. The molecule has 3 aromatic rings. The fraction of sp³-hybridized carbons (Fsp3) is 0.120. The van der Waals surface area contributed by atoms with E-state index in [0.717, 1.165) is 4.90 Å². The standard InChI is InChI=1S/C25H20N2O7/c1-2-33-21-9-4-3-8-20(21)27-24(31)18-11-10-15(12-19(18)25(27)32)23(30)26-16-6-5-7-17(13-16)34-14-22(28)29/h3-13H,2,14H2,1H3,(H,26,30)(H,28,29). The number of carbonyl (C=O) groups is 4. The number of benzene rings is 3. The van der Waals surface area contributed by atoms with Gasteiger partial charge < -0.3 is 19.9 Å². The maximum atomic E-state index is 13.1. The third-order valence-corrected chi connectivity index (χ3v) is 5.01. The van der Waals surface area contributed by atoms with E-state index in [1.807, 2.05) is 0 Å². The van der Waals surface area contributed by atoms with Gasteiger partial charge in [-0.3, -0.25) is 14.4 Å². The molecule has 4 rings (SSSR count). The van der Waals surface area contributed by atoms with Crippen molar-refractivity contribution < 1.29 is 33.8 Å². The lowest BCUT2D eigenvalue weighted by Gasteiger charge is -2.17. The average Bonchev–Trinajstić information content (AvgIpc) is 3.08. The summed E-state index contributed by atoms with van der Waals surface area (Å²) in [5.41, 5.74) is 1.19. The molecule has 3 aromatic carbocycles. The molecule has 34 heavy (non-hydrogen) atoms. The number of aliphatic carboxylic acids is 1. The van der Waals surface area contributed by atoms with E-state index in [2.05, 4.69) is 5.32 Å². The largest absolute Gasteiger partial charge is 0.492 e. The minimum Gasteiger partial charge on any atom is -0.492 e. The Hall–Kier alpha value is -4.66. The van der Waals surface area contributed by atoms with Gasteiger partial charge in [-0.05, 0) is 49.4 Å². The number of hydrogen-bond acceptors (Lipinski definition) is 6. The minimum absolute atomic E-state index is 0.113. The highest BCUT2D eigenvalue weighted by molar-refractivity contribution is 6.35. The Bertz CT molecular complexity index is 1300. The van der Waals surface area contributed by atoms with Crippen molar-refractivity contribution in [2.45, 2.75) is 6.92 Å². The zero-order valence-corrected chi connectivity index (χ0v) is 18.1. The maximum Gasteiger partial charge on any atom is 0.341 e. The lowest BCUT2D eigenvalue weighted by molar-refractivity contribution is -0.139. The first kappa shape index (κ1) is 22.5. The normalized spacial score (nSPS) is 12.3. The van der Waals surface area contributed by atoms with Gasteiger partial charge in [-0.15, -0.1) is 0 Å². The molecular weight excluding hydrogens is 440 g/mol. The summed E-state index contributed by atoms with van der Waals surface area (Å²) in [6, 6.07) is 17.3. The predicted octanol–water partition coefficient (Wildman–Crippen LogP) is 3.60. The highest BCUT2D eigenvalue weighted by Crippen LogP contribution is 2.35. The van der Waals surface area contributed by atoms with Crippen molar-refractivity contribution in [1.82, 2.24) is 0 Å². The van der Waals surface area contributed by atoms with Crippen LogP contribution in [0.3, 0.4) is 0 Å². The van der Waals surface area contributed by atoms with Crippen molar-refractivity contribution >= 4 is 35.1 Å². The molecule has 1 heterocycles. The van der Waals surface area contributed by atoms with Crippen LogP contribution in [0.15, 0.2) is 66.7 Å². The Labute approximate surface area is 194 Å². The SMILES string of the molecule is CCOc1ccccc1N1C(=O)c2ccc(C(=O)Nc3cccc(OCC(=O)O)c3)cc2C1=O. The molecule has 0 saturated heterocycles. The lowest BCUT2D eigenvalue weighted by Crippen LogP contribution is -2.29. The monoisotopic (exact) mass is 460 g/mol. The molecule has 1 aliphatic heterocycles. The number of imide groups is 1. The number of rotatable bonds is 8. The second kappa shape index (κ2) is 9.45. The fourth-order valence-electron chi connectivity index (χ4n) is 3.53. The van der Waals surface area contributed by atoms with Gasteiger partial charge in [-0.1, -0.05) is 18.2 Å². The van der Waals surface area contributed by atoms with E-state index in [9.17, 15) is 19.2 Å². The molecule has 2 N–H and O–H groups in total. The van der Waals surface area contributed by atoms with E-state index in [1.165, 1.54) is 24.3 Å². The zero-order valence-electron chi connectivity index (χ0n) is 18.1. The van der Waals surface area contributed by atoms with Crippen LogP contribution in [0.5, 0.6) is 11.5 Å². The third kappa shape index (κ3) is 4.44. The molecule has 0 fully saturated rings. The van der Waals surface area contributed by atoms with Gasteiger partial charge in [0.1, 0.15) is 11.5 Å². The van der Waals surface area contributed by atoms with Crippen LogP contribution >= 0.6 is 0 Å². The van der Waals surface area contributed by atoms with Crippen LogP contribution in [0.2, 0.25) is 0 Å². The van der Waals surface area contributed by atoms with Crippen LogP contribution in [-0.2, 0) is 4.79 Å². The molecule has 0 radical (unpaired) electrons. The lowest BCUT2D eigenvalue weighted by atomic mass is 10.1. The number of fused-ring (bicyclic) bond motifs is 1. The second-order valence-corrected chi connectivity index (χ2v) is 7.27. The number of anilines is 2. The summed E-state index contributed by atoms with van der Waals surface area (Å²) < 4.78 is 10.7. The summed E-state index contributed by atoms with van der Waals surface area (Å²) in [6.07, 6.45) is 0. The zero-order chi connectivity index (χ0) is 24.2. The van der Waals surface area contributed by atoms with Gasteiger partial charge in [-0.25, -0.2) is 9.69 Å². The van der Waals surface area contributed by atoms with Gasteiger partial charge in [0, 0.05) is 17.3 Å². The number of nitrogens with one attached hydrogen (secondary N) is 1. The van der Waals surface area contributed by atoms with Gasteiger partial charge in [0.25, 0.3) is 17.7 Å². The van der Waals surface area contributed by atoms with Gasteiger partial charge in [-0.2, -0.15) is 0 Å². The predicted molar refractivity (Wildman–Crippen MR) is 123 cm³/mol. The molecule has 0 unspecified atom stereocenters. The summed E-state index contributed by atoms with van der Waals surface area (Å²) in [5.74, 6) is -1.99. The molecular formula is C25H20N2O7. The van der Waals surface area contributed by atoms with E-state index in [0.29, 0.717) is 23.7 Å². The van der Waals surface area contributed by atoms with E-state index < -0.39 is 30.3 Å². The maximum absolute atomic E-state index is 13.1. The first-order valence-electron chi connectivity index (χ1n) is 10.4. The second-order valence-electron chi connectivity index (χ2n) is 7.27. The Kier molecular flexibility index (Phi) is 6.26. The molecule has 0 spiro atoms. The summed E-state index contributed by atoms with van der Waals surface area (Å²) in [5, 5.41) is 11.4. The molecule has 0 saturated carbocycles. The summed E-state index contributed by atoms with van der Waals surface area (Å²) in [7, 11) is 0. The minimum atomic E-state index is -1.12. The molecule has 3 amide bonds. The Morgan fingerprint density at radius 3 is 2.44 bits per heavy atom. The average molecular weight is 460 g/mol. The summed E-state index contributed by atoms with van der Waals surface area (Å²) >= 11 is 0. The van der Waals surface area contributed by atoms with Crippen LogP contribution in [-0.4, -0.2) is 42.0 Å². The quantitative estimate of drug-likeness (QED) is 0.493. The molecule has 9 nitrogen and oxygen atoms in total. The van der Waals surface area contributed by atoms with E-state index in [-0.39, 0.29) is 22.4 Å². The van der Waals surface area contributed by atoms with Crippen LogP contribution in [0.1, 0.15) is 38.0 Å². The first-order chi connectivity index (χ1) is 16.4. The highest BCUT2D eigenvalue weighted by Gasteiger charge is 2.38. The van der Waals surface area contributed by atoms with Crippen molar-refractivity contribution in [3.8, 4) is 11.5 Å². The number of amides is 3. The topological polar surface area (TPSA) is 122 Å². The van der Waals surface area contributed by atoms with Crippen molar-refractivity contribution in [3.63, 3.8) is 0 Å². The van der Waals surface area contributed by atoms with Crippen LogP contribution in [0.4, 0.5) is 11.4 Å². The number of para-hydroxylation sites is 2. The Balaban J connectivity index is 1.56. The summed E-state index contributed by atoms with van der Waals surface area (Å²) in [4.78, 5) is 50.6. The van der Waals surface area contributed by atoms with Crippen LogP contribution in [0.25, 0.3) is 0 Å². The number of carboxylic acid groups (broad SMARTS) is 1. The van der Waals surface area contributed by atoms with E-state index in [4.69, 9.17) is 14.6 Å². The van der Waals surface area contributed by atoms with Crippen molar-refractivity contribution in [1.29, 1.82) is 0 Å². The number of hydrogen-bond donors (Lipinski definition) is 2. The van der Waals surface area contributed by atoms with Gasteiger partial charge >= 0.3 is 5.97 Å². The number of nitrogens with zero attached hydrogens (tertiary/aromatic N) is 1. The van der Waals surface area contributed by atoms with Gasteiger partial charge in [0.2, 0.25) is 0 Å². The van der Waals surface area contributed by atoms with Gasteiger partial charge in [0.05, 0.1) is 23.4 Å². The number of carboxylic acids is 1. The Morgan fingerprint density at radius 1 is 0.912 bits per heavy atom. The molecule has 0 aliphatic carbocycles. The molecule has 0 atom stereocenters. The molecule has 1 aliphatic rings. The Morgan fingerprint density at radius 2 is 1.68 bits per heavy atom. The fourth-order valence-corrected chi connectivity index (χ4v) is 3.53. The smallest absolute Gasteiger partial charge is 0.341 e. The molecule has 172 valence electrons. The first-order valence-corrected chi connectivity index (χ1v) is 10.4. The van der Waals surface area contributed by atoms with E-state index >= 15 is 0 Å². The van der Waals surface area contributed by atoms with E-state index in [1.54, 1.807) is 49.4 Å². The van der Waals surface area contributed by atoms with Crippen molar-refractivity contribution in [2.75, 3.05) is 23.4 Å². The number of carbonyl (C=O) groups excluding carboxylic acids is 3. The van der Waals surface area contributed by atoms with Crippen molar-refractivity contribution in [3.05, 3.63) is 83.4 Å². The molecule has 0 bridgehead atoms. The van der Waals surface area contributed by atoms with Crippen LogP contribution in [0, 0.1) is 0 Å². The summed E-state index contributed by atoms with van der Waals surface area (Å²) in [6.45, 7) is 1.66. The highest BCUT2D eigenvalue weighted by atomic mass is 16.5.